The van der Waals surface area contributed by atoms with Gasteiger partial charge in [0.2, 0.25) is 0 Å². The van der Waals surface area contributed by atoms with Crippen LogP contribution in [0.15, 0.2) is 235 Å². The quantitative estimate of drug-likeness (QED) is 0.125. The maximum atomic E-state index is 9.06. The Bertz CT molecular complexity index is 4450. The van der Waals surface area contributed by atoms with E-state index >= 15 is 0 Å². The standard InChI is InChI=1S/C62H38O/c1-3-15-39(16-4-1)42-31-34-59-58(35-42)50-33-29-43(37-60(50)63-59)55-38-57-47(46-26-13-20-40-17-7-8-21-45(40)46)27-14-28-48(57)56-36-44(30-32-49(55)56)62-53-24-11-9-22-51(53)61(41-18-5-2-6-19-41)52-23-10-12-25-54(52)62/h1-38H/i1D,2D,3D,4D,5D,6D,15D,16D,18D,19D. The zero-order valence-electron chi connectivity index (χ0n) is 43.6. The summed E-state index contributed by atoms with van der Waals surface area (Å²) in [6, 6.07) is 54.0. The van der Waals surface area contributed by atoms with Crippen LogP contribution in [0.2, 0.25) is 0 Å². The topological polar surface area (TPSA) is 13.1 Å². The molecule has 0 aliphatic rings. The molecule has 0 fully saturated rings. The molecule has 0 radical (unpaired) electrons. The summed E-state index contributed by atoms with van der Waals surface area (Å²) in [5, 5.41) is 11.3. The molecule has 0 aliphatic heterocycles. The van der Waals surface area contributed by atoms with Crippen molar-refractivity contribution in [3.8, 4) is 55.6 Å². The first-order valence-electron chi connectivity index (χ1n) is 25.9. The van der Waals surface area contributed by atoms with Crippen molar-refractivity contribution in [2.75, 3.05) is 0 Å². The molecule has 0 aliphatic carbocycles. The fourth-order valence-electron chi connectivity index (χ4n) is 9.85. The van der Waals surface area contributed by atoms with Crippen LogP contribution in [0.1, 0.15) is 13.7 Å². The average molecular weight is 809 g/mol. The minimum Gasteiger partial charge on any atom is -0.456 e. The van der Waals surface area contributed by atoms with E-state index < -0.39 is 12.1 Å². The molecule has 12 aromatic carbocycles. The van der Waals surface area contributed by atoms with Gasteiger partial charge in [0.15, 0.2) is 0 Å². The molecule has 13 aromatic rings. The Labute approximate surface area is 378 Å². The molecule has 0 saturated heterocycles. The zero-order valence-corrected chi connectivity index (χ0v) is 33.6. The Morgan fingerprint density at radius 1 is 0.270 bits per heavy atom. The van der Waals surface area contributed by atoms with Gasteiger partial charge in [-0.05, 0) is 146 Å². The molecule has 0 atom stereocenters. The van der Waals surface area contributed by atoms with Crippen molar-refractivity contribution >= 4 is 75.8 Å². The van der Waals surface area contributed by atoms with Gasteiger partial charge < -0.3 is 4.42 Å². The van der Waals surface area contributed by atoms with Crippen molar-refractivity contribution in [1.82, 2.24) is 0 Å². The van der Waals surface area contributed by atoms with Crippen LogP contribution in [-0.4, -0.2) is 0 Å². The summed E-state index contributed by atoms with van der Waals surface area (Å²) in [7, 11) is 0. The summed E-state index contributed by atoms with van der Waals surface area (Å²) in [5.41, 5.74) is 8.61. The maximum absolute atomic E-state index is 9.06. The van der Waals surface area contributed by atoms with E-state index in [0.29, 0.717) is 22.3 Å². The molecule has 1 nitrogen and oxygen atoms in total. The van der Waals surface area contributed by atoms with E-state index in [1.165, 1.54) is 0 Å². The highest BCUT2D eigenvalue weighted by Crippen LogP contribution is 2.47. The number of rotatable bonds is 5. The fourth-order valence-corrected chi connectivity index (χ4v) is 9.85. The Kier molecular flexibility index (Phi) is 6.03. The van der Waals surface area contributed by atoms with Gasteiger partial charge in [-0.2, -0.15) is 0 Å². The molecule has 0 spiro atoms. The van der Waals surface area contributed by atoms with Crippen molar-refractivity contribution in [1.29, 1.82) is 0 Å². The second-order valence-electron chi connectivity index (χ2n) is 16.0. The number of benzene rings is 12. The van der Waals surface area contributed by atoms with Crippen molar-refractivity contribution in [3.63, 3.8) is 0 Å². The first-order valence-corrected chi connectivity index (χ1v) is 20.9. The number of hydrogen-bond acceptors (Lipinski definition) is 1. The van der Waals surface area contributed by atoms with Gasteiger partial charge in [-0.25, -0.2) is 0 Å². The summed E-state index contributed by atoms with van der Waals surface area (Å²) < 4.78 is 92.2. The van der Waals surface area contributed by atoms with Crippen molar-refractivity contribution in [3.05, 3.63) is 230 Å². The summed E-state index contributed by atoms with van der Waals surface area (Å²) in [4.78, 5) is 0. The van der Waals surface area contributed by atoms with Gasteiger partial charge in [-0.3, -0.25) is 0 Å². The average Bonchev–Trinajstić information content (AvgIpc) is 3.79. The Morgan fingerprint density at radius 3 is 1.54 bits per heavy atom. The number of fused-ring (bicyclic) bond motifs is 9. The maximum Gasteiger partial charge on any atom is 0.136 e. The van der Waals surface area contributed by atoms with Crippen LogP contribution in [0.3, 0.4) is 0 Å². The highest BCUT2D eigenvalue weighted by molar-refractivity contribution is 6.24. The second-order valence-corrected chi connectivity index (χ2v) is 16.0. The van der Waals surface area contributed by atoms with Crippen LogP contribution in [-0.2, 0) is 0 Å². The Hall–Kier alpha value is -8.26. The van der Waals surface area contributed by atoms with E-state index in [0.717, 1.165) is 98.0 Å². The largest absolute Gasteiger partial charge is 0.456 e. The molecule has 63 heavy (non-hydrogen) atoms. The van der Waals surface area contributed by atoms with Gasteiger partial charge in [0.05, 0.1) is 13.7 Å². The number of hydrogen-bond donors (Lipinski definition) is 0. The predicted molar refractivity (Wildman–Crippen MR) is 268 cm³/mol. The molecule has 1 heteroatoms. The smallest absolute Gasteiger partial charge is 0.136 e. The highest BCUT2D eigenvalue weighted by Gasteiger charge is 2.20. The van der Waals surface area contributed by atoms with Crippen LogP contribution in [0.25, 0.3) is 131 Å². The van der Waals surface area contributed by atoms with Crippen LogP contribution in [0.5, 0.6) is 0 Å². The van der Waals surface area contributed by atoms with E-state index in [1.54, 1.807) is 12.1 Å². The van der Waals surface area contributed by atoms with E-state index in [2.05, 4.69) is 91.0 Å². The van der Waals surface area contributed by atoms with Gasteiger partial charge >= 0.3 is 0 Å². The Morgan fingerprint density at radius 2 is 0.810 bits per heavy atom. The van der Waals surface area contributed by atoms with Crippen LogP contribution < -0.4 is 0 Å². The predicted octanol–water partition coefficient (Wildman–Crippen LogP) is 17.7. The summed E-state index contributed by atoms with van der Waals surface area (Å²) in [6.07, 6.45) is 0. The normalized spacial score (nSPS) is 14.0. The third-order valence-electron chi connectivity index (χ3n) is 12.6. The highest BCUT2D eigenvalue weighted by atomic mass is 16.3. The van der Waals surface area contributed by atoms with Crippen molar-refractivity contribution in [2.24, 2.45) is 0 Å². The summed E-state index contributed by atoms with van der Waals surface area (Å²) in [6.45, 7) is 0. The lowest BCUT2D eigenvalue weighted by Crippen LogP contribution is -1.92. The third-order valence-corrected chi connectivity index (χ3v) is 12.6. The van der Waals surface area contributed by atoms with Crippen molar-refractivity contribution < 1.29 is 18.1 Å². The minimum atomic E-state index is -0.436. The first-order chi connectivity index (χ1) is 35.4. The lowest BCUT2D eigenvalue weighted by Gasteiger charge is -2.19. The molecule has 0 unspecified atom stereocenters. The zero-order chi connectivity index (χ0) is 50.1. The van der Waals surface area contributed by atoms with Gasteiger partial charge in [-0.1, -0.05) is 194 Å². The van der Waals surface area contributed by atoms with Gasteiger partial charge in [-0.15, -0.1) is 0 Å². The van der Waals surface area contributed by atoms with Crippen LogP contribution >= 0.6 is 0 Å². The molecule has 13 rings (SSSR count). The lowest BCUT2D eigenvalue weighted by atomic mass is 9.84. The molecule has 0 saturated carbocycles. The number of furan rings is 1. The minimum absolute atomic E-state index is 0.133. The summed E-state index contributed by atoms with van der Waals surface area (Å²) in [5.74, 6) is 0. The molecular weight excluding hydrogens is 761 g/mol. The van der Waals surface area contributed by atoms with Crippen LogP contribution in [0, 0.1) is 0 Å². The monoisotopic (exact) mass is 808 g/mol. The molecule has 292 valence electrons. The van der Waals surface area contributed by atoms with Crippen molar-refractivity contribution in [2.45, 2.75) is 0 Å². The summed E-state index contributed by atoms with van der Waals surface area (Å²) >= 11 is 0. The van der Waals surface area contributed by atoms with Gasteiger partial charge in [0.1, 0.15) is 11.2 Å². The van der Waals surface area contributed by atoms with E-state index in [-0.39, 0.29) is 59.5 Å². The fraction of sp³-hybridized carbons (Fsp3) is 0. The SMILES string of the molecule is [2H]c1c([2H])c([2H])c(-c2ccc3oc4cc(-c5cc6c(-c7cccc8ccccc78)cccc6c6cc(-c7c8ccccc8c(-c8c([2H])c([2H])c([2H])c([2H])c8[2H])c8ccccc78)ccc56)ccc4c3c2)c([2H])c1[2H]. The van der Waals surface area contributed by atoms with E-state index in [4.69, 9.17) is 18.1 Å². The Balaban J connectivity index is 1.07. The third kappa shape index (κ3) is 5.64. The van der Waals surface area contributed by atoms with E-state index in [9.17, 15) is 0 Å². The van der Waals surface area contributed by atoms with Gasteiger partial charge in [0.25, 0.3) is 0 Å². The first kappa shape index (κ1) is 26.8. The van der Waals surface area contributed by atoms with Gasteiger partial charge in [0, 0.05) is 10.8 Å². The molecule has 0 N–H and O–H groups in total. The van der Waals surface area contributed by atoms with E-state index in [1.807, 2.05) is 66.7 Å². The molecule has 0 bridgehead atoms. The lowest BCUT2D eigenvalue weighted by molar-refractivity contribution is 0.669. The second kappa shape index (κ2) is 14.2. The molecular formula is C62H38O. The molecule has 0 amide bonds. The van der Waals surface area contributed by atoms with Crippen LogP contribution in [0.4, 0.5) is 0 Å². The molecule has 1 aromatic heterocycles. The molecule has 1 heterocycles.